The second-order valence-corrected chi connectivity index (χ2v) is 9.28. The van der Waals surface area contributed by atoms with E-state index in [2.05, 4.69) is 146 Å². The molecule has 0 atom stereocenters. The molecule has 0 radical (unpaired) electrons. The second-order valence-electron chi connectivity index (χ2n) is 9.28. The summed E-state index contributed by atoms with van der Waals surface area (Å²) in [4.78, 5) is 0. The van der Waals surface area contributed by atoms with Gasteiger partial charge in [0.25, 0.3) is 0 Å². The Morgan fingerprint density at radius 3 is 1.28 bits per heavy atom. The predicted octanol–water partition coefficient (Wildman–Crippen LogP) is 10.1. The van der Waals surface area contributed by atoms with Gasteiger partial charge in [0.1, 0.15) is 0 Å². The molecule has 0 fully saturated rings. The van der Waals surface area contributed by atoms with Crippen LogP contribution in [0.1, 0.15) is 0 Å². The van der Waals surface area contributed by atoms with Crippen molar-refractivity contribution in [2.24, 2.45) is 0 Å². The molecule has 168 valence electrons. The van der Waals surface area contributed by atoms with E-state index in [1.165, 1.54) is 65.7 Å². The number of benzene rings is 7. The Hall–Kier alpha value is -4.68. The topological polar surface area (TPSA) is 0 Å². The van der Waals surface area contributed by atoms with Gasteiger partial charge in [0.05, 0.1) is 0 Å². The lowest BCUT2D eigenvalue weighted by molar-refractivity contribution is 1.64. The SMILES string of the molecule is c1ccc(-c2c3ccccc3c(-c3cccc4cccc(-c5ccccc5)c34)c3ccccc23)cc1. The summed E-state index contributed by atoms with van der Waals surface area (Å²) in [6.45, 7) is 0. The van der Waals surface area contributed by atoms with E-state index in [9.17, 15) is 0 Å². The van der Waals surface area contributed by atoms with Crippen LogP contribution >= 0.6 is 0 Å². The van der Waals surface area contributed by atoms with Crippen molar-refractivity contribution in [2.75, 3.05) is 0 Å². The molecule has 0 aliphatic heterocycles. The zero-order chi connectivity index (χ0) is 23.9. The maximum absolute atomic E-state index is 2.30. The third kappa shape index (κ3) is 3.23. The summed E-state index contributed by atoms with van der Waals surface area (Å²) in [5, 5.41) is 7.69. The van der Waals surface area contributed by atoms with Crippen LogP contribution in [-0.4, -0.2) is 0 Å². The molecule has 7 rings (SSSR count). The van der Waals surface area contributed by atoms with Crippen LogP contribution in [0.2, 0.25) is 0 Å². The summed E-state index contributed by atoms with van der Waals surface area (Å²) in [5.41, 5.74) is 7.64. The van der Waals surface area contributed by atoms with Crippen molar-refractivity contribution in [3.63, 3.8) is 0 Å². The van der Waals surface area contributed by atoms with E-state index in [1.807, 2.05) is 0 Å². The summed E-state index contributed by atoms with van der Waals surface area (Å²) < 4.78 is 0. The first-order valence-corrected chi connectivity index (χ1v) is 12.5. The monoisotopic (exact) mass is 456 g/mol. The normalized spacial score (nSPS) is 11.3. The number of rotatable bonds is 3. The van der Waals surface area contributed by atoms with Gasteiger partial charge in [0.2, 0.25) is 0 Å². The largest absolute Gasteiger partial charge is 0.0622 e. The molecular weight excluding hydrogens is 432 g/mol. The predicted molar refractivity (Wildman–Crippen MR) is 155 cm³/mol. The first-order valence-electron chi connectivity index (χ1n) is 12.5. The highest BCUT2D eigenvalue weighted by Gasteiger charge is 2.18. The smallest absolute Gasteiger partial charge is 0.00199 e. The highest BCUT2D eigenvalue weighted by atomic mass is 14.2. The molecule has 0 heterocycles. The zero-order valence-corrected chi connectivity index (χ0v) is 19.9. The standard InChI is InChI=1S/C36H24/c1-3-13-25(14-4-1)28-23-11-17-27-18-12-24-33(34(27)28)36-31-21-9-7-19-29(31)35(26-15-5-2-6-16-26)30-20-8-10-22-32(30)36/h1-24H. The van der Waals surface area contributed by atoms with Crippen LogP contribution in [0.25, 0.3) is 65.7 Å². The minimum absolute atomic E-state index is 1.24. The first kappa shape index (κ1) is 20.7. The Balaban J connectivity index is 1.67. The molecule has 0 amide bonds. The highest BCUT2D eigenvalue weighted by Crippen LogP contribution is 2.46. The summed E-state index contributed by atoms with van der Waals surface area (Å²) in [6, 6.07) is 52.7. The van der Waals surface area contributed by atoms with E-state index >= 15 is 0 Å². The lowest BCUT2D eigenvalue weighted by Crippen LogP contribution is -1.92. The van der Waals surface area contributed by atoms with E-state index in [-0.39, 0.29) is 0 Å². The van der Waals surface area contributed by atoms with E-state index < -0.39 is 0 Å². The van der Waals surface area contributed by atoms with Gasteiger partial charge in [0, 0.05) is 0 Å². The maximum Gasteiger partial charge on any atom is -0.00199 e. The van der Waals surface area contributed by atoms with Gasteiger partial charge in [0.15, 0.2) is 0 Å². The van der Waals surface area contributed by atoms with Crippen LogP contribution in [-0.2, 0) is 0 Å². The van der Waals surface area contributed by atoms with Crippen LogP contribution in [0.15, 0.2) is 146 Å². The Morgan fingerprint density at radius 1 is 0.278 bits per heavy atom. The van der Waals surface area contributed by atoms with Crippen LogP contribution in [0.5, 0.6) is 0 Å². The van der Waals surface area contributed by atoms with E-state index in [0.717, 1.165) is 0 Å². The number of fused-ring (bicyclic) bond motifs is 3. The Labute approximate surface area is 211 Å². The molecule has 7 aromatic carbocycles. The van der Waals surface area contributed by atoms with E-state index in [1.54, 1.807) is 0 Å². The molecule has 0 saturated heterocycles. The first-order chi connectivity index (χ1) is 17.9. The fourth-order valence-corrected chi connectivity index (χ4v) is 5.74. The molecule has 0 aromatic heterocycles. The van der Waals surface area contributed by atoms with Crippen LogP contribution in [0.3, 0.4) is 0 Å². The molecular formula is C36H24. The van der Waals surface area contributed by atoms with Crippen LogP contribution in [0, 0.1) is 0 Å². The fraction of sp³-hybridized carbons (Fsp3) is 0. The van der Waals surface area contributed by atoms with Gasteiger partial charge in [-0.25, -0.2) is 0 Å². The molecule has 7 aromatic rings. The van der Waals surface area contributed by atoms with Crippen molar-refractivity contribution < 1.29 is 0 Å². The van der Waals surface area contributed by atoms with Gasteiger partial charge >= 0.3 is 0 Å². The van der Waals surface area contributed by atoms with Crippen molar-refractivity contribution in [1.29, 1.82) is 0 Å². The van der Waals surface area contributed by atoms with Crippen molar-refractivity contribution in [2.45, 2.75) is 0 Å². The summed E-state index contributed by atoms with van der Waals surface area (Å²) in [7, 11) is 0. The molecule has 0 N–H and O–H groups in total. The van der Waals surface area contributed by atoms with Gasteiger partial charge in [-0.1, -0.05) is 146 Å². The summed E-state index contributed by atoms with van der Waals surface area (Å²) in [5.74, 6) is 0. The molecule has 0 aliphatic carbocycles. The van der Waals surface area contributed by atoms with E-state index in [0.29, 0.717) is 0 Å². The van der Waals surface area contributed by atoms with Gasteiger partial charge < -0.3 is 0 Å². The third-order valence-electron chi connectivity index (χ3n) is 7.25. The van der Waals surface area contributed by atoms with Crippen molar-refractivity contribution in [1.82, 2.24) is 0 Å². The lowest BCUT2D eigenvalue weighted by atomic mass is 9.83. The Kier molecular flexibility index (Phi) is 4.89. The van der Waals surface area contributed by atoms with Crippen molar-refractivity contribution in [3.05, 3.63) is 146 Å². The van der Waals surface area contributed by atoms with Crippen molar-refractivity contribution >= 4 is 32.3 Å². The van der Waals surface area contributed by atoms with Crippen molar-refractivity contribution in [3.8, 4) is 33.4 Å². The molecule has 0 aliphatic rings. The molecule has 0 bridgehead atoms. The Morgan fingerprint density at radius 2 is 0.722 bits per heavy atom. The molecule has 0 spiro atoms. The minimum atomic E-state index is 1.24. The number of hydrogen-bond acceptors (Lipinski definition) is 0. The quantitative estimate of drug-likeness (QED) is 0.232. The summed E-state index contributed by atoms with van der Waals surface area (Å²) >= 11 is 0. The lowest BCUT2D eigenvalue weighted by Gasteiger charge is -2.20. The van der Waals surface area contributed by atoms with Gasteiger partial charge in [-0.15, -0.1) is 0 Å². The average molecular weight is 457 g/mol. The van der Waals surface area contributed by atoms with Gasteiger partial charge in [-0.05, 0) is 65.7 Å². The Bertz CT molecular complexity index is 1800. The van der Waals surface area contributed by atoms with Crippen LogP contribution < -0.4 is 0 Å². The minimum Gasteiger partial charge on any atom is -0.0622 e. The van der Waals surface area contributed by atoms with E-state index in [4.69, 9.17) is 0 Å². The van der Waals surface area contributed by atoms with Crippen LogP contribution in [0.4, 0.5) is 0 Å². The molecule has 0 saturated carbocycles. The second kappa shape index (κ2) is 8.52. The molecule has 0 unspecified atom stereocenters. The van der Waals surface area contributed by atoms with Gasteiger partial charge in [-0.2, -0.15) is 0 Å². The van der Waals surface area contributed by atoms with Gasteiger partial charge in [-0.3, -0.25) is 0 Å². The highest BCUT2D eigenvalue weighted by molar-refractivity contribution is 6.24. The number of hydrogen-bond donors (Lipinski definition) is 0. The average Bonchev–Trinajstić information content (AvgIpc) is 2.96. The maximum atomic E-state index is 2.30. The molecule has 0 nitrogen and oxygen atoms in total. The fourth-order valence-electron chi connectivity index (χ4n) is 5.74. The summed E-state index contributed by atoms with van der Waals surface area (Å²) in [6.07, 6.45) is 0. The molecule has 0 heteroatoms. The zero-order valence-electron chi connectivity index (χ0n) is 19.9. The molecule has 36 heavy (non-hydrogen) atoms. The third-order valence-corrected chi connectivity index (χ3v) is 7.25.